The topological polar surface area (TPSA) is 52.9 Å². The van der Waals surface area contributed by atoms with Crippen LogP contribution in [0.2, 0.25) is 0 Å². The van der Waals surface area contributed by atoms with Crippen LogP contribution in [0.15, 0.2) is 24.3 Å². The highest BCUT2D eigenvalue weighted by Crippen LogP contribution is 2.09. The van der Waals surface area contributed by atoms with Gasteiger partial charge in [0.25, 0.3) is 0 Å². The van der Waals surface area contributed by atoms with E-state index in [0.717, 1.165) is 0 Å². The molecule has 0 aliphatic heterocycles. The maximum absolute atomic E-state index is 11.2. The van der Waals surface area contributed by atoms with Crippen LogP contribution in [0, 0.1) is 11.3 Å². The van der Waals surface area contributed by atoms with E-state index in [-0.39, 0.29) is 5.91 Å². The van der Waals surface area contributed by atoms with Crippen LogP contribution in [0.1, 0.15) is 5.56 Å². The van der Waals surface area contributed by atoms with Crippen molar-refractivity contribution in [1.82, 2.24) is 0 Å². The molecule has 0 fully saturated rings. The second-order valence-electron chi connectivity index (χ2n) is 2.67. The van der Waals surface area contributed by atoms with Gasteiger partial charge >= 0.3 is 0 Å². The summed E-state index contributed by atoms with van der Waals surface area (Å²) in [5, 5.41) is 11.3. The molecule has 14 heavy (non-hydrogen) atoms. The van der Waals surface area contributed by atoms with Crippen LogP contribution in [-0.2, 0) is 4.79 Å². The SMILES string of the molecule is CSCC(=O)Nc1cccc(C#N)c1. The Hall–Kier alpha value is -1.47. The molecule has 1 amide bonds. The second kappa shape index (κ2) is 5.30. The van der Waals surface area contributed by atoms with Gasteiger partial charge in [0, 0.05) is 5.69 Å². The molecule has 72 valence electrons. The number of carbonyl (C=O) groups excluding carboxylic acids is 1. The summed E-state index contributed by atoms with van der Waals surface area (Å²) < 4.78 is 0. The molecule has 1 rings (SSSR count). The highest BCUT2D eigenvalue weighted by atomic mass is 32.2. The number of hydrogen-bond acceptors (Lipinski definition) is 3. The van der Waals surface area contributed by atoms with E-state index in [9.17, 15) is 4.79 Å². The molecule has 0 radical (unpaired) electrons. The number of nitrogens with zero attached hydrogens (tertiary/aromatic N) is 1. The van der Waals surface area contributed by atoms with Gasteiger partial charge in [0.1, 0.15) is 0 Å². The Labute approximate surface area is 87.1 Å². The first-order valence-corrected chi connectivity index (χ1v) is 5.44. The fourth-order valence-corrected chi connectivity index (χ4v) is 1.33. The van der Waals surface area contributed by atoms with Crippen molar-refractivity contribution in [2.75, 3.05) is 17.3 Å². The van der Waals surface area contributed by atoms with E-state index < -0.39 is 0 Å². The number of carbonyl (C=O) groups is 1. The molecule has 0 heterocycles. The third kappa shape index (κ3) is 3.11. The molecule has 1 aromatic carbocycles. The van der Waals surface area contributed by atoms with Crippen molar-refractivity contribution in [3.05, 3.63) is 29.8 Å². The Kier molecular flexibility index (Phi) is 4.02. The zero-order valence-corrected chi connectivity index (χ0v) is 8.60. The normalized spacial score (nSPS) is 9.14. The number of anilines is 1. The standard InChI is InChI=1S/C10H10N2OS/c1-14-7-10(13)12-9-4-2-3-8(5-9)6-11/h2-5H,7H2,1H3,(H,12,13). The lowest BCUT2D eigenvalue weighted by Crippen LogP contribution is -2.13. The Balaban J connectivity index is 2.68. The lowest BCUT2D eigenvalue weighted by molar-refractivity contribution is -0.113. The minimum absolute atomic E-state index is 0.0485. The third-order valence-corrected chi connectivity index (χ3v) is 2.10. The molecule has 0 bridgehead atoms. The van der Waals surface area contributed by atoms with Gasteiger partial charge in [-0.25, -0.2) is 0 Å². The molecular weight excluding hydrogens is 196 g/mol. The van der Waals surface area contributed by atoms with E-state index in [1.54, 1.807) is 24.3 Å². The van der Waals surface area contributed by atoms with Gasteiger partial charge in [-0.3, -0.25) is 4.79 Å². The number of nitriles is 1. The predicted molar refractivity (Wildman–Crippen MR) is 58.2 cm³/mol. The summed E-state index contributed by atoms with van der Waals surface area (Å²) in [6, 6.07) is 8.87. The van der Waals surface area contributed by atoms with Crippen molar-refractivity contribution in [2.24, 2.45) is 0 Å². The van der Waals surface area contributed by atoms with Gasteiger partial charge in [0.15, 0.2) is 0 Å². The fraction of sp³-hybridized carbons (Fsp3) is 0.200. The average molecular weight is 206 g/mol. The Bertz CT molecular complexity index is 371. The predicted octanol–water partition coefficient (Wildman–Crippen LogP) is 1.86. The second-order valence-corrected chi connectivity index (χ2v) is 3.54. The fourth-order valence-electron chi connectivity index (χ4n) is 0.995. The van der Waals surface area contributed by atoms with E-state index >= 15 is 0 Å². The molecule has 0 atom stereocenters. The molecule has 1 N–H and O–H groups in total. The minimum Gasteiger partial charge on any atom is -0.325 e. The smallest absolute Gasteiger partial charge is 0.234 e. The van der Waals surface area contributed by atoms with Gasteiger partial charge in [-0.1, -0.05) is 6.07 Å². The van der Waals surface area contributed by atoms with E-state index in [1.165, 1.54) is 11.8 Å². The number of hydrogen-bond donors (Lipinski definition) is 1. The third-order valence-electron chi connectivity index (χ3n) is 1.55. The van der Waals surface area contributed by atoms with E-state index in [0.29, 0.717) is 17.0 Å². The van der Waals surface area contributed by atoms with Gasteiger partial charge in [0.05, 0.1) is 17.4 Å². The number of benzene rings is 1. The summed E-state index contributed by atoms with van der Waals surface area (Å²) in [6.07, 6.45) is 1.87. The molecule has 0 unspecified atom stereocenters. The Morgan fingerprint density at radius 2 is 2.43 bits per heavy atom. The maximum Gasteiger partial charge on any atom is 0.234 e. The summed E-state index contributed by atoms with van der Waals surface area (Å²) >= 11 is 1.46. The van der Waals surface area contributed by atoms with E-state index in [2.05, 4.69) is 5.32 Å². The molecular formula is C10H10N2OS. The zero-order chi connectivity index (χ0) is 10.4. The summed E-state index contributed by atoms with van der Waals surface area (Å²) in [5.41, 5.74) is 1.22. The van der Waals surface area contributed by atoms with Gasteiger partial charge in [-0.2, -0.15) is 17.0 Å². The minimum atomic E-state index is -0.0485. The summed E-state index contributed by atoms with van der Waals surface area (Å²) in [7, 11) is 0. The molecule has 0 saturated carbocycles. The number of thioether (sulfide) groups is 1. The Morgan fingerprint density at radius 3 is 3.07 bits per heavy atom. The number of rotatable bonds is 3. The van der Waals surface area contributed by atoms with Gasteiger partial charge < -0.3 is 5.32 Å². The zero-order valence-electron chi connectivity index (χ0n) is 7.78. The molecule has 3 nitrogen and oxygen atoms in total. The molecule has 0 saturated heterocycles. The van der Waals surface area contributed by atoms with Crippen LogP contribution in [-0.4, -0.2) is 17.9 Å². The van der Waals surface area contributed by atoms with E-state index in [1.807, 2.05) is 12.3 Å². The van der Waals surface area contributed by atoms with Crippen molar-refractivity contribution >= 4 is 23.4 Å². The highest BCUT2D eigenvalue weighted by molar-refractivity contribution is 7.99. The van der Waals surface area contributed by atoms with Crippen LogP contribution in [0.4, 0.5) is 5.69 Å². The summed E-state index contributed by atoms with van der Waals surface area (Å²) in [5.74, 6) is 0.379. The summed E-state index contributed by atoms with van der Waals surface area (Å²) in [6.45, 7) is 0. The van der Waals surface area contributed by atoms with Gasteiger partial charge in [-0.15, -0.1) is 0 Å². The van der Waals surface area contributed by atoms with Crippen LogP contribution < -0.4 is 5.32 Å². The highest BCUT2D eigenvalue weighted by Gasteiger charge is 2.00. The average Bonchev–Trinajstić information content (AvgIpc) is 2.18. The van der Waals surface area contributed by atoms with Crippen molar-refractivity contribution in [2.45, 2.75) is 0 Å². The number of nitrogens with one attached hydrogen (secondary N) is 1. The molecule has 1 aromatic rings. The maximum atomic E-state index is 11.2. The van der Waals surface area contributed by atoms with Crippen LogP contribution in [0.25, 0.3) is 0 Å². The first-order chi connectivity index (χ1) is 6.76. The lowest BCUT2D eigenvalue weighted by atomic mass is 10.2. The van der Waals surface area contributed by atoms with Crippen molar-refractivity contribution in [1.29, 1.82) is 5.26 Å². The van der Waals surface area contributed by atoms with Crippen molar-refractivity contribution in [3.8, 4) is 6.07 Å². The van der Waals surface area contributed by atoms with Crippen molar-refractivity contribution in [3.63, 3.8) is 0 Å². The van der Waals surface area contributed by atoms with Crippen LogP contribution in [0.5, 0.6) is 0 Å². The van der Waals surface area contributed by atoms with E-state index in [4.69, 9.17) is 5.26 Å². The first kappa shape index (κ1) is 10.6. The molecule has 0 aromatic heterocycles. The lowest BCUT2D eigenvalue weighted by Gasteiger charge is -2.03. The quantitative estimate of drug-likeness (QED) is 0.821. The molecule has 0 spiro atoms. The molecule has 0 aliphatic carbocycles. The molecule has 0 aliphatic rings. The van der Waals surface area contributed by atoms with Crippen LogP contribution >= 0.6 is 11.8 Å². The van der Waals surface area contributed by atoms with Gasteiger partial charge in [-0.05, 0) is 24.5 Å². The Morgan fingerprint density at radius 1 is 1.64 bits per heavy atom. The van der Waals surface area contributed by atoms with Crippen molar-refractivity contribution < 1.29 is 4.79 Å². The number of amides is 1. The monoisotopic (exact) mass is 206 g/mol. The first-order valence-electron chi connectivity index (χ1n) is 4.05. The van der Waals surface area contributed by atoms with Crippen LogP contribution in [0.3, 0.4) is 0 Å². The summed E-state index contributed by atoms with van der Waals surface area (Å²) in [4.78, 5) is 11.2. The van der Waals surface area contributed by atoms with Gasteiger partial charge in [0.2, 0.25) is 5.91 Å². The molecule has 4 heteroatoms. The largest absolute Gasteiger partial charge is 0.325 e.